The fourth-order valence-electron chi connectivity index (χ4n) is 2.47. The molecule has 0 saturated carbocycles. The lowest BCUT2D eigenvalue weighted by Gasteiger charge is -2.21. The van der Waals surface area contributed by atoms with E-state index in [1.54, 1.807) is 0 Å². The first-order valence-corrected chi connectivity index (χ1v) is 8.09. The molecule has 2 aromatic rings. The highest BCUT2D eigenvalue weighted by molar-refractivity contribution is 6.35. The lowest BCUT2D eigenvalue weighted by molar-refractivity contribution is 0.529. The number of rotatable bonds is 6. The number of hydrogen-bond donors (Lipinski definition) is 1. The molecular weight excluding hydrogens is 301 g/mol. The van der Waals surface area contributed by atoms with Crippen LogP contribution < -0.4 is 5.32 Å². The molecule has 0 spiro atoms. The molecule has 0 aliphatic carbocycles. The van der Waals surface area contributed by atoms with E-state index < -0.39 is 0 Å². The van der Waals surface area contributed by atoms with E-state index in [0.717, 1.165) is 30.0 Å². The molecule has 0 fully saturated rings. The minimum Gasteiger partial charge on any atom is -0.310 e. The summed E-state index contributed by atoms with van der Waals surface area (Å²) in [6.45, 7) is 5.25. The van der Waals surface area contributed by atoms with Crippen molar-refractivity contribution in [2.45, 2.75) is 32.7 Å². The highest BCUT2D eigenvalue weighted by Gasteiger charge is 2.15. The molecule has 1 unspecified atom stereocenters. The largest absolute Gasteiger partial charge is 0.310 e. The Labute approximate surface area is 137 Å². The van der Waals surface area contributed by atoms with Gasteiger partial charge in [0.15, 0.2) is 0 Å². The summed E-state index contributed by atoms with van der Waals surface area (Å²) in [6.07, 6.45) is 2.01. The molecule has 112 valence electrons. The fraction of sp³-hybridized carbons (Fsp3) is 0.333. The van der Waals surface area contributed by atoms with Crippen LogP contribution >= 0.6 is 23.2 Å². The van der Waals surface area contributed by atoms with Gasteiger partial charge in [-0.2, -0.15) is 0 Å². The van der Waals surface area contributed by atoms with E-state index in [2.05, 4.69) is 43.4 Å². The second kappa shape index (κ2) is 7.84. The molecule has 0 heterocycles. The second-order valence-electron chi connectivity index (χ2n) is 5.37. The van der Waals surface area contributed by atoms with Gasteiger partial charge in [0.2, 0.25) is 0 Å². The van der Waals surface area contributed by atoms with Crippen LogP contribution in [0.1, 0.15) is 36.1 Å². The van der Waals surface area contributed by atoms with Crippen LogP contribution in [-0.4, -0.2) is 6.54 Å². The molecule has 0 amide bonds. The molecule has 0 bridgehead atoms. The zero-order chi connectivity index (χ0) is 15.2. The Hall–Kier alpha value is -1.02. The molecule has 0 radical (unpaired) electrons. The number of hydrogen-bond acceptors (Lipinski definition) is 1. The molecule has 2 rings (SSSR count). The molecule has 1 nitrogen and oxygen atoms in total. The van der Waals surface area contributed by atoms with E-state index in [-0.39, 0.29) is 6.04 Å². The maximum Gasteiger partial charge on any atom is 0.0468 e. The van der Waals surface area contributed by atoms with Crippen LogP contribution in [0.2, 0.25) is 10.0 Å². The SMILES string of the molecule is CCCNC(Cc1cccc(C)c1)c1ccc(Cl)cc1Cl. The van der Waals surface area contributed by atoms with E-state index in [1.807, 2.05) is 18.2 Å². The molecule has 1 atom stereocenters. The first kappa shape index (κ1) is 16.4. The minimum atomic E-state index is 0.205. The average molecular weight is 322 g/mol. The number of halogens is 2. The van der Waals surface area contributed by atoms with Gasteiger partial charge >= 0.3 is 0 Å². The Morgan fingerprint density at radius 2 is 1.90 bits per heavy atom. The Kier molecular flexibility index (Phi) is 6.10. The Morgan fingerprint density at radius 3 is 2.57 bits per heavy atom. The van der Waals surface area contributed by atoms with Gasteiger partial charge < -0.3 is 5.32 Å². The third kappa shape index (κ3) is 4.74. The topological polar surface area (TPSA) is 12.0 Å². The maximum atomic E-state index is 6.38. The zero-order valence-corrected chi connectivity index (χ0v) is 14.0. The normalized spacial score (nSPS) is 12.4. The summed E-state index contributed by atoms with van der Waals surface area (Å²) in [4.78, 5) is 0. The van der Waals surface area contributed by atoms with E-state index in [4.69, 9.17) is 23.2 Å². The van der Waals surface area contributed by atoms with E-state index >= 15 is 0 Å². The van der Waals surface area contributed by atoms with Gasteiger partial charge in [0.1, 0.15) is 0 Å². The predicted octanol–water partition coefficient (Wildman–Crippen LogP) is 5.59. The molecule has 1 N–H and O–H groups in total. The zero-order valence-electron chi connectivity index (χ0n) is 12.5. The summed E-state index contributed by atoms with van der Waals surface area (Å²) in [5.74, 6) is 0. The van der Waals surface area contributed by atoms with Crippen molar-refractivity contribution in [2.75, 3.05) is 6.54 Å². The number of nitrogens with one attached hydrogen (secondary N) is 1. The standard InChI is InChI=1S/C18H21Cl2N/c1-3-9-21-18(11-14-6-4-5-13(2)10-14)16-8-7-15(19)12-17(16)20/h4-8,10,12,18,21H,3,9,11H2,1-2H3. The number of benzene rings is 2. The van der Waals surface area contributed by atoms with Crippen molar-refractivity contribution >= 4 is 23.2 Å². The van der Waals surface area contributed by atoms with Gasteiger partial charge in [-0.3, -0.25) is 0 Å². The molecule has 21 heavy (non-hydrogen) atoms. The van der Waals surface area contributed by atoms with Crippen molar-refractivity contribution in [3.63, 3.8) is 0 Å². The lowest BCUT2D eigenvalue weighted by atomic mass is 9.97. The second-order valence-corrected chi connectivity index (χ2v) is 6.21. The summed E-state index contributed by atoms with van der Waals surface area (Å²) in [7, 11) is 0. The maximum absolute atomic E-state index is 6.38. The van der Waals surface area contributed by atoms with Crippen LogP contribution in [0.4, 0.5) is 0 Å². The van der Waals surface area contributed by atoms with E-state index in [9.17, 15) is 0 Å². The van der Waals surface area contributed by atoms with Gasteiger partial charge in [0.25, 0.3) is 0 Å². The summed E-state index contributed by atoms with van der Waals surface area (Å²) in [5, 5.41) is 4.99. The molecule has 0 aliphatic heterocycles. The van der Waals surface area contributed by atoms with Crippen LogP contribution in [0.3, 0.4) is 0 Å². The van der Waals surface area contributed by atoms with Crippen molar-refractivity contribution in [2.24, 2.45) is 0 Å². The molecule has 0 saturated heterocycles. The summed E-state index contributed by atoms with van der Waals surface area (Å²) in [6, 6.07) is 14.6. The fourth-order valence-corrected chi connectivity index (χ4v) is 3.01. The van der Waals surface area contributed by atoms with E-state index in [1.165, 1.54) is 11.1 Å². The van der Waals surface area contributed by atoms with Crippen LogP contribution in [0.25, 0.3) is 0 Å². The lowest BCUT2D eigenvalue weighted by Crippen LogP contribution is -2.24. The molecule has 3 heteroatoms. The van der Waals surface area contributed by atoms with Crippen molar-refractivity contribution in [3.8, 4) is 0 Å². The number of aryl methyl sites for hydroxylation is 1. The quantitative estimate of drug-likeness (QED) is 0.731. The Bertz CT molecular complexity index is 596. The highest BCUT2D eigenvalue weighted by Crippen LogP contribution is 2.28. The van der Waals surface area contributed by atoms with Crippen molar-refractivity contribution in [1.82, 2.24) is 5.32 Å². The third-order valence-electron chi connectivity index (χ3n) is 3.50. The minimum absolute atomic E-state index is 0.205. The molecule has 2 aromatic carbocycles. The smallest absolute Gasteiger partial charge is 0.0468 e. The first-order chi connectivity index (χ1) is 10.1. The molecular formula is C18H21Cl2N. The predicted molar refractivity (Wildman–Crippen MR) is 92.4 cm³/mol. The molecule has 0 aliphatic rings. The van der Waals surface area contributed by atoms with Gasteiger partial charge in [-0.1, -0.05) is 66.0 Å². The monoisotopic (exact) mass is 321 g/mol. The molecule has 0 aromatic heterocycles. The van der Waals surface area contributed by atoms with E-state index in [0.29, 0.717) is 5.02 Å². The van der Waals surface area contributed by atoms with Crippen LogP contribution in [0, 0.1) is 6.92 Å². The third-order valence-corrected chi connectivity index (χ3v) is 4.06. The van der Waals surface area contributed by atoms with Crippen molar-refractivity contribution < 1.29 is 0 Å². The summed E-state index contributed by atoms with van der Waals surface area (Å²) < 4.78 is 0. The summed E-state index contributed by atoms with van der Waals surface area (Å²) >= 11 is 12.4. The first-order valence-electron chi connectivity index (χ1n) is 7.34. The van der Waals surface area contributed by atoms with Crippen LogP contribution in [-0.2, 0) is 6.42 Å². The highest BCUT2D eigenvalue weighted by atomic mass is 35.5. The summed E-state index contributed by atoms with van der Waals surface area (Å²) in [5.41, 5.74) is 3.70. The van der Waals surface area contributed by atoms with Gasteiger partial charge in [0, 0.05) is 16.1 Å². The van der Waals surface area contributed by atoms with Crippen molar-refractivity contribution in [3.05, 3.63) is 69.2 Å². The Morgan fingerprint density at radius 1 is 1.10 bits per heavy atom. The van der Waals surface area contributed by atoms with Gasteiger partial charge in [-0.15, -0.1) is 0 Å². The van der Waals surface area contributed by atoms with Crippen LogP contribution in [0.5, 0.6) is 0 Å². The van der Waals surface area contributed by atoms with Crippen molar-refractivity contribution in [1.29, 1.82) is 0 Å². The van der Waals surface area contributed by atoms with Gasteiger partial charge in [0.05, 0.1) is 0 Å². The average Bonchev–Trinajstić information content (AvgIpc) is 2.44. The van der Waals surface area contributed by atoms with Crippen LogP contribution in [0.15, 0.2) is 42.5 Å². The Balaban J connectivity index is 2.25. The van der Waals surface area contributed by atoms with Gasteiger partial charge in [-0.25, -0.2) is 0 Å². The van der Waals surface area contributed by atoms with Gasteiger partial charge in [-0.05, 0) is 49.6 Å².